The van der Waals surface area contributed by atoms with E-state index < -0.39 is 17.9 Å². The third-order valence-electron chi connectivity index (χ3n) is 4.60. The van der Waals surface area contributed by atoms with Crippen molar-refractivity contribution in [3.63, 3.8) is 0 Å². The standard InChI is InChI=1S/C24H18ClN3O6/c25-18-11-17(7-9-20(18)32-13-22(29)33-12-15-4-2-1-3-5-15)27-24(31)28-23(30)16-6-8-19-21(10-16)34-14-26-19/h1-11,14H,12-13H2,(H2,27,28,30,31). The monoisotopic (exact) mass is 479 g/mol. The smallest absolute Gasteiger partial charge is 0.344 e. The predicted molar refractivity (Wildman–Crippen MR) is 124 cm³/mol. The molecule has 0 atom stereocenters. The Kier molecular flexibility index (Phi) is 7.04. The summed E-state index contributed by atoms with van der Waals surface area (Å²) < 4.78 is 15.7. The Morgan fingerprint density at radius 2 is 1.82 bits per heavy atom. The predicted octanol–water partition coefficient (Wildman–Crippen LogP) is 4.57. The van der Waals surface area contributed by atoms with E-state index >= 15 is 0 Å². The van der Waals surface area contributed by atoms with Gasteiger partial charge in [-0.25, -0.2) is 14.6 Å². The van der Waals surface area contributed by atoms with Gasteiger partial charge in [0, 0.05) is 11.3 Å². The van der Waals surface area contributed by atoms with Crippen molar-refractivity contribution in [2.45, 2.75) is 6.61 Å². The van der Waals surface area contributed by atoms with E-state index in [4.69, 9.17) is 25.5 Å². The minimum Gasteiger partial charge on any atom is -0.480 e. The lowest BCUT2D eigenvalue weighted by molar-refractivity contribution is -0.147. The Labute approximate surface area is 198 Å². The van der Waals surface area contributed by atoms with Gasteiger partial charge in [0.25, 0.3) is 5.91 Å². The number of aromatic nitrogens is 1. The number of benzene rings is 3. The minimum absolute atomic E-state index is 0.139. The van der Waals surface area contributed by atoms with Crippen LogP contribution < -0.4 is 15.4 Å². The number of nitrogens with one attached hydrogen (secondary N) is 2. The fraction of sp³-hybridized carbons (Fsp3) is 0.0833. The second-order valence-electron chi connectivity index (χ2n) is 7.02. The summed E-state index contributed by atoms with van der Waals surface area (Å²) in [5, 5.41) is 4.89. The Bertz CT molecular complexity index is 1340. The van der Waals surface area contributed by atoms with Crippen molar-refractivity contribution in [3.05, 3.63) is 89.3 Å². The van der Waals surface area contributed by atoms with Crippen molar-refractivity contribution < 1.29 is 28.3 Å². The first kappa shape index (κ1) is 22.8. The number of hydrogen-bond donors (Lipinski definition) is 2. The molecule has 4 rings (SSSR count). The maximum absolute atomic E-state index is 12.3. The number of anilines is 1. The highest BCUT2D eigenvalue weighted by Gasteiger charge is 2.14. The SMILES string of the molecule is O=C(NC(=O)c1ccc2ncoc2c1)Nc1ccc(OCC(=O)OCc2ccccc2)c(Cl)c1. The first-order valence-corrected chi connectivity index (χ1v) is 10.4. The molecule has 2 N–H and O–H groups in total. The van der Waals surface area contributed by atoms with E-state index in [2.05, 4.69) is 15.6 Å². The van der Waals surface area contributed by atoms with E-state index in [1.165, 1.54) is 36.7 Å². The quantitative estimate of drug-likeness (QED) is 0.373. The average Bonchev–Trinajstić information content (AvgIpc) is 3.31. The van der Waals surface area contributed by atoms with Crippen molar-refractivity contribution >= 4 is 46.3 Å². The van der Waals surface area contributed by atoms with Crippen LogP contribution in [0.5, 0.6) is 5.75 Å². The van der Waals surface area contributed by atoms with Crippen LogP contribution in [-0.2, 0) is 16.1 Å². The molecule has 0 aliphatic heterocycles. The second kappa shape index (κ2) is 10.5. The van der Waals surface area contributed by atoms with Crippen LogP contribution in [0.1, 0.15) is 15.9 Å². The molecule has 172 valence electrons. The summed E-state index contributed by atoms with van der Waals surface area (Å²) in [5.74, 6) is -0.930. The van der Waals surface area contributed by atoms with Gasteiger partial charge < -0.3 is 19.2 Å². The fourth-order valence-corrected chi connectivity index (χ4v) is 3.18. The lowest BCUT2D eigenvalue weighted by atomic mass is 10.2. The first-order chi connectivity index (χ1) is 16.5. The number of amides is 3. The highest BCUT2D eigenvalue weighted by Crippen LogP contribution is 2.27. The van der Waals surface area contributed by atoms with Crippen LogP contribution in [0.2, 0.25) is 5.02 Å². The summed E-state index contributed by atoms with van der Waals surface area (Å²) in [5.41, 5.74) is 2.45. The van der Waals surface area contributed by atoms with E-state index in [-0.39, 0.29) is 29.5 Å². The van der Waals surface area contributed by atoms with Crippen LogP contribution in [0.4, 0.5) is 10.5 Å². The van der Waals surface area contributed by atoms with Crippen molar-refractivity contribution in [2.24, 2.45) is 0 Å². The Morgan fingerprint density at radius 1 is 1.00 bits per heavy atom. The molecule has 0 unspecified atom stereocenters. The largest absolute Gasteiger partial charge is 0.480 e. The zero-order valence-corrected chi connectivity index (χ0v) is 18.4. The molecule has 0 saturated carbocycles. The van der Waals surface area contributed by atoms with Crippen LogP contribution in [-0.4, -0.2) is 29.5 Å². The number of ether oxygens (including phenoxy) is 2. The average molecular weight is 480 g/mol. The molecular formula is C24H18ClN3O6. The topological polar surface area (TPSA) is 120 Å². The van der Waals surface area contributed by atoms with Gasteiger partial charge in [-0.2, -0.15) is 0 Å². The van der Waals surface area contributed by atoms with E-state index in [1.807, 2.05) is 30.3 Å². The summed E-state index contributed by atoms with van der Waals surface area (Å²) in [7, 11) is 0. The molecule has 10 heteroatoms. The summed E-state index contributed by atoms with van der Waals surface area (Å²) in [6.45, 7) is -0.191. The van der Waals surface area contributed by atoms with Crippen LogP contribution in [0.25, 0.3) is 11.1 Å². The number of carbonyl (C=O) groups excluding carboxylic acids is 3. The zero-order chi connectivity index (χ0) is 23.9. The Balaban J connectivity index is 1.27. The number of carbonyl (C=O) groups is 3. The molecule has 1 aromatic heterocycles. The lowest BCUT2D eigenvalue weighted by Gasteiger charge is -2.11. The molecule has 0 aliphatic rings. The van der Waals surface area contributed by atoms with Crippen molar-refractivity contribution in [3.8, 4) is 5.75 Å². The molecule has 0 bridgehead atoms. The Morgan fingerprint density at radius 3 is 2.62 bits per heavy atom. The third kappa shape index (κ3) is 5.90. The minimum atomic E-state index is -0.753. The highest BCUT2D eigenvalue weighted by atomic mass is 35.5. The second-order valence-corrected chi connectivity index (χ2v) is 7.43. The number of fused-ring (bicyclic) bond motifs is 1. The van der Waals surface area contributed by atoms with Crippen LogP contribution >= 0.6 is 11.6 Å². The molecular weight excluding hydrogens is 462 g/mol. The highest BCUT2D eigenvalue weighted by molar-refractivity contribution is 6.32. The van der Waals surface area contributed by atoms with E-state index in [0.717, 1.165) is 5.56 Å². The van der Waals surface area contributed by atoms with Gasteiger partial charge in [-0.3, -0.25) is 10.1 Å². The molecule has 9 nitrogen and oxygen atoms in total. The third-order valence-corrected chi connectivity index (χ3v) is 4.89. The van der Waals surface area contributed by atoms with Gasteiger partial charge in [0.15, 0.2) is 18.6 Å². The number of halogens is 1. The summed E-state index contributed by atoms with van der Waals surface area (Å²) in [4.78, 5) is 40.4. The van der Waals surface area contributed by atoms with Gasteiger partial charge in [-0.15, -0.1) is 0 Å². The lowest BCUT2D eigenvalue weighted by Crippen LogP contribution is -2.34. The zero-order valence-electron chi connectivity index (χ0n) is 17.6. The van der Waals surface area contributed by atoms with Gasteiger partial charge in [0.1, 0.15) is 17.9 Å². The number of imide groups is 1. The van der Waals surface area contributed by atoms with Gasteiger partial charge in [-0.05, 0) is 42.0 Å². The number of oxazole rings is 1. The van der Waals surface area contributed by atoms with Gasteiger partial charge in [0.05, 0.1) is 5.02 Å². The molecule has 0 radical (unpaired) electrons. The number of urea groups is 1. The molecule has 0 saturated heterocycles. The van der Waals surface area contributed by atoms with Crippen molar-refractivity contribution in [1.29, 1.82) is 0 Å². The normalized spacial score (nSPS) is 10.5. The summed E-state index contributed by atoms with van der Waals surface area (Å²) in [6, 6.07) is 17.6. The number of rotatable bonds is 7. The van der Waals surface area contributed by atoms with Crippen molar-refractivity contribution in [2.75, 3.05) is 11.9 Å². The molecule has 3 aromatic carbocycles. The number of esters is 1. The number of nitrogens with zero attached hydrogens (tertiary/aromatic N) is 1. The summed E-state index contributed by atoms with van der Waals surface area (Å²) >= 11 is 6.18. The molecule has 0 fully saturated rings. The maximum Gasteiger partial charge on any atom is 0.344 e. The molecule has 4 aromatic rings. The summed E-state index contributed by atoms with van der Waals surface area (Å²) in [6.07, 6.45) is 1.27. The van der Waals surface area contributed by atoms with Crippen LogP contribution in [0, 0.1) is 0 Å². The van der Waals surface area contributed by atoms with Gasteiger partial charge in [0.2, 0.25) is 0 Å². The first-order valence-electron chi connectivity index (χ1n) is 10.1. The molecule has 3 amide bonds. The van der Waals surface area contributed by atoms with Gasteiger partial charge >= 0.3 is 12.0 Å². The Hall–Kier alpha value is -4.37. The van der Waals surface area contributed by atoms with E-state index in [0.29, 0.717) is 16.8 Å². The van der Waals surface area contributed by atoms with Crippen LogP contribution in [0.15, 0.2) is 77.5 Å². The maximum atomic E-state index is 12.3. The molecule has 34 heavy (non-hydrogen) atoms. The van der Waals surface area contributed by atoms with Crippen LogP contribution in [0.3, 0.4) is 0 Å². The van der Waals surface area contributed by atoms with Crippen molar-refractivity contribution in [1.82, 2.24) is 10.3 Å². The molecule has 0 spiro atoms. The molecule has 1 heterocycles. The molecule has 0 aliphatic carbocycles. The number of hydrogen-bond acceptors (Lipinski definition) is 7. The van der Waals surface area contributed by atoms with E-state index in [9.17, 15) is 14.4 Å². The fourth-order valence-electron chi connectivity index (χ4n) is 2.95. The van der Waals surface area contributed by atoms with Gasteiger partial charge in [-0.1, -0.05) is 41.9 Å². The van der Waals surface area contributed by atoms with E-state index in [1.54, 1.807) is 6.07 Å².